The predicted octanol–water partition coefficient (Wildman–Crippen LogP) is 14.9. The Bertz CT molecular complexity index is 778. The molecule has 1 aromatic carbocycles. The normalized spacial score (nSPS) is 26.6. The molecule has 0 radical (unpaired) electrons. The molecule has 0 bridgehead atoms. The fourth-order valence-electron chi connectivity index (χ4n) is 6.09. The molecule has 0 spiro atoms. The van der Waals surface area contributed by atoms with E-state index in [1.165, 1.54) is 95.5 Å². The number of alkyl halides is 4. The molecule has 0 aromatic heterocycles. The van der Waals surface area contributed by atoms with Crippen molar-refractivity contribution in [2.24, 2.45) is 35.5 Å². The van der Waals surface area contributed by atoms with Gasteiger partial charge in [0.25, 0.3) is 0 Å². The highest BCUT2D eigenvalue weighted by Crippen LogP contribution is 2.39. The van der Waals surface area contributed by atoms with E-state index in [1.54, 1.807) is 0 Å². The van der Waals surface area contributed by atoms with Gasteiger partial charge < -0.3 is 0 Å². The second kappa shape index (κ2) is 23.3. The van der Waals surface area contributed by atoms with Crippen molar-refractivity contribution in [3.63, 3.8) is 0 Å². The molecule has 4 heteroatoms. The maximum atomic E-state index is 12.2. The van der Waals surface area contributed by atoms with Crippen LogP contribution in [0.4, 0.5) is 17.6 Å². The molecule has 0 amide bonds. The smallest absolute Gasteiger partial charge is 0.207 e. The Balaban J connectivity index is 0.000000265. The molecule has 45 heavy (non-hydrogen) atoms. The minimum atomic E-state index is -2.33. The van der Waals surface area contributed by atoms with Crippen molar-refractivity contribution in [1.82, 2.24) is 0 Å². The van der Waals surface area contributed by atoms with Crippen molar-refractivity contribution >= 4 is 0 Å². The van der Waals surface area contributed by atoms with Gasteiger partial charge in [-0.05, 0) is 55.3 Å². The summed E-state index contributed by atoms with van der Waals surface area (Å²) in [4.78, 5) is 0. The van der Waals surface area contributed by atoms with E-state index >= 15 is 0 Å². The molecule has 6 aliphatic rings. The lowest BCUT2D eigenvalue weighted by molar-refractivity contribution is 0.00506. The lowest BCUT2D eigenvalue weighted by Gasteiger charge is -2.18. The minimum Gasteiger partial charge on any atom is -0.207 e. The number of hydrogen-bond donors (Lipinski definition) is 0. The highest BCUT2D eigenvalue weighted by Gasteiger charge is 2.37. The highest BCUT2D eigenvalue weighted by atomic mass is 19.3. The van der Waals surface area contributed by atoms with Crippen LogP contribution in [0.15, 0.2) is 30.3 Å². The van der Waals surface area contributed by atoms with Crippen molar-refractivity contribution < 1.29 is 17.6 Å². The van der Waals surface area contributed by atoms with E-state index in [0.29, 0.717) is 12.8 Å². The lowest BCUT2D eigenvalue weighted by atomic mass is 9.88. The van der Waals surface area contributed by atoms with Crippen LogP contribution in [0.3, 0.4) is 0 Å². The summed E-state index contributed by atoms with van der Waals surface area (Å²) >= 11 is 0. The Hall–Kier alpha value is -1.06. The van der Waals surface area contributed by atoms with E-state index in [-0.39, 0.29) is 37.5 Å². The lowest BCUT2D eigenvalue weighted by Crippen LogP contribution is -2.08. The zero-order valence-electron chi connectivity index (χ0n) is 30.5. The molecule has 0 aliphatic heterocycles. The molecule has 0 nitrogen and oxygen atoms in total. The number of halogens is 4. The Morgan fingerprint density at radius 2 is 0.756 bits per heavy atom. The van der Waals surface area contributed by atoms with Crippen LogP contribution in [0.25, 0.3) is 0 Å². The van der Waals surface area contributed by atoms with Crippen LogP contribution in [0.1, 0.15) is 176 Å². The SMILES string of the molecule is CC1CC1.CC1CCC1.CC1CCCC1.CC1CCCCC1.C[C@@H]1CCC(F)(F)C1.C[C@H]1CCC(F)(F)C1.Cc1ccccc1. The summed E-state index contributed by atoms with van der Waals surface area (Å²) in [5, 5.41) is 0. The molecule has 6 aliphatic carbocycles. The molecule has 1 aromatic rings. The Kier molecular flexibility index (Phi) is 21.7. The van der Waals surface area contributed by atoms with Gasteiger partial charge >= 0.3 is 0 Å². The fourth-order valence-corrected chi connectivity index (χ4v) is 6.09. The first-order valence-corrected chi connectivity index (χ1v) is 18.9. The Morgan fingerprint density at radius 3 is 0.867 bits per heavy atom. The zero-order chi connectivity index (χ0) is 33.7. The quantitative estimate of drug-likeness (QED) is 0.248. The van der Waals surface area contributed by atoms with E-state index in [9.17, 15) is 17.6 Å². The Labute approximate surface area is 277 Å². The van der Waals surface area contributed by atoms with Gasteiger partial charge in [0.1, 0.15) is 0 Å². The molecular weight excluding hydrogens is 568 g/mol. The van der Waals surface area contributed by atoms with Crippen LogP contribution >= 0.6 is 0 Å². The van der Waals surface area contributed by atoms with Crippen molar-refractivity contribution in [2.75, 3.05) is 0 Å². The average Bonchev–Trinajstić information content (AvgIpc) is 3.29. The Morgan fingerprint density at radius 1 is 0.422 bits per heavy atom. The molecule has 0 N–H and O–H groups in total. The maximum absolute atomic E-state index is 12.2. The average molecular weight is 641 g/mol. The predicted molar refractivity (Wildman–Crippen MR) is 188 cm³/mol. The van der Waals surface area contributed by atoms with Gasteiger partial charge in [-0.25, -0.2) is 17.6 Å². The largest absolute Gasteiger partial charge is 0.248 e. The van der Waals surface area contributed by atoms with Gasteiger partial charge in [0.2, 0.25) is 11.8 Å². The second-order valence-corrected chi connectivity index (χ2v) is 15.9. The zero-order valence-corrected chi connectivity index (χ0v) is 30.5. The summed E-state index contributed by atoms with van der Waals surface area (Å²) < 4.78 is 48.8. The molecule has 0 unspecified atom stereocenters. The van der Waals surface area contributed by atoms with Crippen LogP contribution in [0.5, 0.6) is 0 Å². The summed E-state index contributed by atoms with van der Waals surface area (Å²) in [6.45, 7) is 15.1. The number of aryl methyl sites for hydroxylation is 1. The van der Waals surface area contributed by atoms with Crippen molar-refractivity contribution in [3.8, 4) is 0 Å². The molecule has 6 saturated carbocycles. The van der Waals surface area contributed by atoms with E-state index in [0.717, 1.165) is 23.7 Å². The fraction of sp³-hybridized carbons (Fsp3) is 0.854. The number of hydrogen-bond acceptors (Lipinski definition) is 0. The highest BCUT2D eigenvalue weighted by molar-refractivity contribution is 5.11. The van der Waals surface area contributed by atoms with Gasteiger partial charge in [0, 0.05) is 25.7 Å². The molecule has 2 atom stereocenters. The first-order valence-electron chi connectivity index (χ1n) is 18.9. The summed E-state index contributed by atoms with van der Waals surface area (Å²) in [6.07, 6.45) is 22.6. The van der Waals surface area contributed by atoms with Crippen LogP contribution in [-0.4, -0.2) is 11.8 Å². The molecule has 0 heterocycles. The van der Waals surface area contributed by atoms with E-state index in [2.05, 4.69) is 46.8 Å². The van der Waals surface area contributed by atoms with Crippen LogP contribution < -0.4 is 0 Å². The van der Waals surface area contributed by atoms with Gasteiger partial charge in [-0.1, -0.05) is 167 Å². The first kappa shape index (κ1) is 42.0. The molecular formula is C41H72F4. The maximum Gasteiger partial charge on any atom is 0.248 e. The van der Waals surface area contributed by atoms with Crippen LogP contribution in [0.2, 0.25) is 0 Å². The monoisotopic (exact) mass is 641 g/mol. The second-order valence-electron chi connectivity index (χ2n) is 15.9. The van der Waals surface area contributed by atoms with Crippen molar-refractivity contribution in [2.45, 2.75) is 189 Å². The summed E-state index contributed by atoms with van der Waals surface area (Å²) in [5.74, 6) is 0.0440. The van der Waals surface area contributed by atoms with Gasteiger partial charge in [-0.2, -0.15) is 0 Å². The number of rotatable bonds is 0. The third-order valence-electron chi connectivity index (χ3n) is 10.0. The molecule has 6 fully saturated rings. The van der Waals surface area contributed by atoms with Crippen molar-refractivity contribution in [3.05, 3.63) is 35.9 Å². The summed E-state index contributed by atoms with van der Waals surface area (Å²) in [5.41, 5.74) is 1.32. The minimum absolute atomic E-state index is 0.104. The third-order valence-corrected chi connectivity index (χ3v) is 10.0. The molecule has 0 saturated heterocycles. The number of benzene rings is 1. The summed E-state index contributed by atoms with van der Waals surface area (Å²) in [7, 11) is 0. The van der Waals surface area contributed by atoms with Crippen molar-refractivity contribution in [1.29, 1.82) is 0 Å². The van der Waals surface area contributed by atoms with E-state index < -0.39 is 11.8 Å². The standard InChI is InChI=1S/C7H14.C7H8.2C6H10F2.C6H12.C5H10.C4H8/c2*1-7-5-3-2-4-6-7;2*1-5-2-3-6(7,8)4-5;1-6-4-2-3-5-6;1-5-3-2-4-5;1-4-2-3-4/h7H,2-6H2,1H3;2-6H,1H3;2*5H,2-4H2,1H3;6H,2-5H2,1H3;5H,2-4H2,1H3;4H,2-3H2,1H3/t;;2*5-;;;/m..10.../s1. The topological polar surface area (TPSA) is 0 Å². The van der Waals surface area contributed by atoms with Gasteiger partial charge in [-0.15, -0.1) is 0 Å². The van der Waals surface area contributed by atoms with Gasteiger partial charge in [-0.3, -0.25) is 0 Å². The molecule has 7 rings (SSSR count). The molecule has 264 valence electrons. The van der Waals surface area contributed by atoms with Crippen LogP contribution in [-0.2, 0) is 0 Å². The third kappa shape index (κ3) is 25.7. The van der Waals surface area contributed by atoms with E-state index in [1.807, 2.05) is 32.0 Å². The first-order chi connectivity index (χ1) is 21.2. The van der Waals surface area contributed by atoms with E-state index in [4.69, 9.17) is 0 Å². The van der Waals surface area contributed by atoms with Gasteiger partial charge in [0.15, 0.2) is 0 Å². The van der Waals surface area contributed by atoms with Gasteiger partial charge in [0.05, 0.1) is 0 Å². The van der Waals surface area contributed by atoms with Crippen LogP contribution in [0, 0.1) is 42.4 Å². The summed E-state index contributed by atoms with van der Waals surface area (Å²) in [6, 6.07) is 10.3.